The first-order chi connectivity index (χ1) is 9.51. The van der Waals surface area contributed by atoms with Gasteiger partial charge >= 0.3 is 0 Å². The maximum Gasteiger partial charge on any atom is 0.260 e. The number of aromatic hydroxyl groups is 1. The number of hydrogen-bond donors (Lipinski definition) is 3. The summed E-state index contributed by atoms with van der Waals surface area (Å²) >= 11 is 5.94. The van der Waals surface area contributed by atoms with E-state index in [1.165, 1.54) is 13.2 Å². The van der Waals surface area contributed by atoms with Crippen LogP contribution < -0.4 is 15.6 Å². The third-order valence-electron chi connectivity index (χ3n) is 2.56. The molecule has 0 saturated carbocycles. The Bertz CT molecular complexity index is 712. The molecule has 2 aromatic rings. The lowest BCUT2D eigenvalue weighted by Crippen LogP contribution is -2.15. The summed E-state index contributed by atoms with van der Waals surface area (Å²) in [6.07, 6.45) is 1.14. The lowest BCUT2D eigenvalue weighted by molar-refractivity contribution is 0.102. The first kappa shape index (κ1) is 14.0. The van der Waals surface area contributed by atoms with Gasteiger partial charge < -0.3 is 20.1 Å². The molecule has 1 aromatic carbocycles. The third kappa shape index (κ3) is 2.92. The molecule has 0 radical (unpaired) electrons. The number of nitrogens with one attached hydrogen (secondary N) is 2. The first-order valence-corrected chi connectivity index (χ1v) is 5.95. The Kier molecular flexibility index (Phi) is 3.95. The Morgan fingerprint density at radius 2 is 2.15 bits per heavy atom. The van der Waals surface area contributed by atoms with Gasteiger partial charge in [-0.25, -0.2) is 0 Å². The molecule has 104 valence electrons. The predicted molar refractivity (Wildman–Crippen MR) is 74.7 cm³/mol. The maximum absolute atomic E-state index is 11.9. The number of halogens is 1. The van der Waals surface area contributed by atoms with Crippen molar-refractivity contribution in [3.05, 3.63) is 51.4 Å². The summed E-state index contributed by atoms with van der Waals surface area (Å²) in [6.45, 7) is 0. The number of benzene rings is 1. The molecule has 0 fully saturated rings. The molecule has 0 saturated heterocycles. The Hall–Kier alpha value is -2.47. The van der Waals surface area contributed by atoms with Crippen LogP contribution in [0.1, 0.15) is 10.4 Å². The van der Waals surface area contributed by atoms with Gasteiger partial charge in [-0.1, -0.05) is 11.6 Å². The van der Waals surface area contributed by atoms with Crippen molar-refractivity contribution >= 4 is 23.2 Å². The van der Waals surface area contributed by atoms with Gasteiger partial charge in [0.15, 0.2) is 0 Å². The second-order valence-corrected chi connectivity index (χ2v) is 4.31. The molecule has 6 nitrogen and oxygen atoms in total. The van der Waals surface area contributed by atoms with E-state index in [0.29, 0.717) is 16.5 Å². The second-order valence-electron chi connectivity index (χ2n) is 3.90. The highest BCUT2D eigenvalue weighted by Crippen LogP contribution is 2.27. The van der Waals surface area contributed by atoms with Crippen molar-refractivity contribution in [3.63, 3.8) is 0 Å². The van der Waals surface area contributed by atoms with Gasteiger partial charge in [-0.3, -0.25) is 9.59 Å². The van der Waals surface area contributed by atoms with E-state index in [-0.39, 0.29) is 5.56 Å². The summed E-state index contributed by atoms with van der Waals surface area (Å²) in [5.74, 6) is -0.484. The normalized spacial score (nSPS) is 10.1. The summed E-state index contributed by atoms with van der Waals surface area (Å²) in [7, 11) is 1.48. The van der Waals surface area contributed by atoms with E-state index in [0.717, 1.165) is 12.3 Å². The number of rotatable bonds is 3. The average Bonchev–Trinajstić information content (AvgIpc) is 2.38. The number of ether oxygens (including phenoxy) is 1. The number of hydrogen-bond acceptors (Lipinski definition) is 4. The fourth-order valence-corrected chi connectivity index (χ4v) is 1.84. The van der Waals surface area contributed by atoms with Crippen LogP contribution in [-0.2, 0) is 0 Å². The molecule has 0 aliphatic rings. The van der Waals surface area contributed by atoms with Crippen molar-refractivity contribution in [2.75, 3.05) is 12.4 Å². The van der Waals surface area contributed by atoms with Crippen molar-refractivity contribution < 1.29 is 14.6 Å². The van der Waals surface area contributed by atoms with Crippen LogP contribution in [0, 0.1) is 0 Å². The van der Waals surface area contributed by atoms with Crippen molar-refractivity contribution in [3.8, 4) is 11.5 Å². The Balaban J connectivity index is 2.23. The maximum atomic E-state index is 11.9. The summed E-state index contributed by atoms with van der Waals surface area (Å²) < 4.78 is 5.00. The van der Waals surface area contributed by atoms with Gasteiger partial charge in [0, 0.05) is 18.0 Å². The van der Waals surface area contributed by atoms with Gasteiger partial charge in [-0.15, -0.1) is 0 Å². The van der Waals surface area contributed by atoms with Crippen molar-refractivity contribution in [2.45, 2.75) is 0 Å². The molecule has 1 aromatic heterocycles. The number of aromatic nitrogens is 1. The minimum absolute atomic E-state index is 0.0449. The van der Waals surface area contributed by atoms with Crippen molar-refractivity contribution in [2.24, 2.45) is 0 Å². The van der Waals surface area contributed by atoms with E-state index in [1.807, 2.05) is 0 Å². The van der Waals surface area contributed by atoms with Gasteiger partial charge in [0.05, 0.1) is 17.7 Å². The zero-order valence-electron chi connectivity index (χ0n) is 10.4. The van der Waals surface area contributed by atoms with Gasteiger partial charge in [-0.05, 0) is 18.2 Å². The molecule has 0 bridgehead atoms. The van der Waals surface area contributed by atoms with Crippen LogP contribution in [0.5, 0.6) is 11.5 Å². The van der Waals surface area contributed by atoms with E-state index in [9.17, 15) is 14.7 Å². The van der Waals surface area contributed by atoms with Crippen molar-refractivity contribution in [1.82, 2.24) is 4.98 Å². The predicted octanol–water partition coefficient (Wildman–Crippen LogP) is 1.99. The molecular formula is C13H11ClN2O4. The number of carbonyl (C=O) groups excluding carboxylic acids is 1. The number of amides is 1. The van der Waals surface area contributed by atoms with E-state index in [4.69, 9.17) is 16.3 Å². The standard InChI is InChI=1S/C13H11ClN2O4/c1-20-11-3-2-7(4-9(11)14)16-13(19)8-6-15-12(18)5-10(8)17/h2-6H,1H3,(H,16,19)(H2,15,17,18). The van der Waals surface area contributed by atoms with E-state index >= 15 is 0 Å². The van der Waals surface area contributed by atoms with Gasteiger partial charge in [0.2, 0.25) is 0 Å². The van der Waals surface area contributed by atoms with Crippen LogP contribution in [0.4, 0.5) is 5.69 Å². The van der Waals surface area contributed by atoms with Gasteiger partial charge in [0.1, 0.15) is 11.5 Å². The van der Waals surface area contributed by atoms with E-state index in [2.05, 4.69) is 10.3 Å². The molecule has 20 heavy (non-hydrogen) atoms. The third-order valence-corrected chi connectivity index (χ3v) is 2.85. The summed E-state index contributed by atoms with van der Waals surface area (Å²) in [5, 5.41) is 12.4. The summed E-state index contributed by atoms with van der Waals surface area (Å²) in [6, 6.07) is 5.65. The largest absolute Gasteiger partial charge is 0.507 e. The van der Waals surface area contributed by atoms with Crippen LogP contribution in [-0.4, -0.2) is 23.1 Å². The summed E-state index contributed by atoms with van der Waals surface area (Å²) in [4.78, 5) is 25.2. The number of pyridine rings is 1. The molecule has 1 amide bonds. The fraction of sp³-hybridized carbons (Fsp3) is 0.0769. The molecule has 0 spiro atoms. The number of aromatic amines is 1. The molecule has 1 heterocycles. The Morgan fingerprint density at radius 1 is 1.40 bits per heavy atom. The lowest BCUT2D eigenvalue weighted by Gasteiger charge is -2.08. The second kappa shape index (κ2) is 5.66. The minimum atomic E-state index is -0.569. The van der Waals surface area contributed by atoms with Gasteiger partial charge in [-0.2, -0.15) is 0 Å². The molecule has 2 rings (SSSR count). The zero-order chi connectivity index (χ0) is 14.7. The highest BCUT2D eigenvalue weighted by atomic mass is 35.5. The fourth-order valence-electron chi connectivity index (χ4n) is 1.59. The molecular weight excluding hydrogens is 284 g/mol. The molecule has 0 aliphatic carbocycles. The van der Waals surface area contributed by atoms with Crippen LogP contribution in [0.15, 0.2) is 35.3 Å². The van der Waals surface area contributed by atoms with Crippen LogP contribution in [0.3, 0.4) is 0 Å². The average molecular weight is 295 g/mol. The smallest absolute Gasteiger partial charge is 0.260 e. The number of carbonyl (C=O) groups is 1. The monoisotopic (exact) mass is 294 g/mol. The molecule has 3 N–H and O–H groups in total. The molecule has 0 unspecified atom stereocenters. The molecule has 0 aliphatic heterocycles. The summed E-state index contributed by atoms with van der Waals surface area (Å²) in [5.41, 5.74) is -0.102. The highest BCUT2D eigenvalue weighted by Gasteiger charge is 2.12. The molecule has 0 atom stereocenters. The van der Waals surface area contributed by atoms with E-state index < -0.39 is 17.2 Å². The molecule has 7 heteroatoms. The van der Waals surface area contributed by atoms with Crippen LogP contribution in [0.2, 0.25) is 5.02 Å². The highest BCUT2D eigenvalue weighted by molar-refractivity contribution is 6.32. The number of methoxy groups -OCH3 is 1. The number of H-pyrrole nitrogens is 1. The lowest BCUT2D eigenvalue weighted by atomic mass is 10.2. The Morgan fingerprint density at radius 3 is 2.75 bits per heavy atom. The minimum Gasteiger partial charge on any atom is -0.507 e. The van der Waals surface area contributed by atoms with Crippen LogP contribution in [0.25, 0.3) is 0 Å². The SMILES string of the molecule is COc1ccc(NC(=O)c2c[nH]c(=O)cc2O)cc1Cl. The van der Waals surface area contributed by atoms with E-state index in [1.54, 1.807) is 12.1 Å². The Labute approximate surface area is 119 Å². The van der Waals surface area contributed by atoms with Crippen molar-refractivity contribution in [1.29, 1.82) is 0 Å². The van der Waals surface area contributed by atoms with Gasteiger partial charge in [0.25, 0.3) is 11.5 Å². The van der Waals surface area contributed by atoms with Crippen LogP contribution >= 0.6 is 11.6 Å². The first-order valence-electron chi connectivity index (χ1n) is 5.58. The number of anilines is 1. The topological polar surface area (TPSA) is 91.4 Å². The zero-order valence-corrected chi connectivity index (χ0v) is 11.2. The quantitative estimate of drug-likeness (QED) is 0.807.